The minimum atomic E-state index is 0.976. The lowest BCUT2D eigenvalue weighted by Gasteiger charge is -2.23. The first-order valence-corrected chi connectivity index (χ1v) is 7.80. The molecule has 0 saturated carbocycles. The van der Waals surface area contributed by atoms with Crippen molar-refractivity contribution in [3.8, 4) is 0 Å². The molecule has 0 aliphatic heterocycles. The fourth-order valence-electron chi connectivity index (χ4n) is 2.58. The Kier molecular flexibility index (Phi) is 5.56. The predicted molar refractivity (Wildman–Crippen MR) is 89.5 cm³/mol. The van der Waals surface area contributed by atoms with Crippen LogP contribution in [-0.2, 0) is 6.54 Å². The standard InChI is InChI=1S/C19H25N2/c1-4-20(5-2)19(16-17-12-8-7-9-13-17)18-14-10-11-15-21(18)6-3/h7-16H,4-6H2,1-3H3/q+1. The number of benzene rings is 1. The number of aromatic nitrogens is 1. The van der Waals surface area contributed by atoms with Gasteiger partial charge in [0.2, 0.25) is 5.69 Å². The first kappa shape index (κ1) is 15.3. The summed E-state index contributed by atoms with van der Waals surface area (Å²) < 4.78 is 2.30. The van der Waals surface area contributed by atoms with Gasteiger partial charge in [-0.3, -0.25) is 0 Å². The van der Waals surface area contributed by atoms with Crippen molar-refractivity contribution in [1.29, 1.82) is 0 Å². The number of nitrogens with zero attached hydrogens (tertiary/aromatic N) is 2. The Hall–Kier alpha value is -2.09. The summed E-state index contributed by atoms with van der Waals surface area (Å²) in [5.41, 5.74) is 3.80. The van der Waals surface area contributed by atoms with Crippen LogP contribution in [-0.4, -0.2) is 18.0 Å². The molecule has 0 atom stereocenters. The summed E-state index contributed by atoms with van der Waals surface area (Å²) in [5, 5.41) is 0. The van der Waals surface area contributed by atoms with Crippen molar-refractivity contribution in [3.63, 3.8) is 0 Å². The molecule has 0 amide bonds. The topological polar surface area (TPSA) is 7.12 Å². The van der Waals surface area contributed by atoms with E-state index in [1.54, 1.807) is 0 Å². The zero-order chi connectivity index (χ0) is 15.1. The van der Waals surface area contributed by atoms with Crippen LogP contribution in [0.1, 0.15) is 32.0 Å². The number of pyridine rings is 1. The van der Waals surface area contributed by atoms with E-state index >= 15 is 0 Å². The van der Waals surface area contributed by atoms with Crippen molar-refractivity contribution >= 4 is 11.8 Å². The predicted octanol–water partition coefficient (Wildman–Crippen LogP) is 3.83. The van der Waals surface area contributed by atoms with E-state index in [4.69, 9.17) is 0 Å². The maximum Gasteiger partial charge on any atom is 0.228 e. The summed E-state index contributed by atoms with van der Waals surface area (Å²) in [7, 11) is 0. The van der Waals surface area contributed by atoms with Gasteiger partial charge in [0, 0.05) is 25.2 Å². The molecule has 0 N–H and O–H groups in total. The smallest absolute Gasteiger partial charge is 0.228 e. The van der Waals surface area contributed by atoms with Crippen LogP contribution in [0, 0.1) is 0 Å². The normalized spacial score (nSPS) is 11.5. The average Bonchev–Trinajstić information content (AvgIpc) is 2.56. The Morgan fingerprint density at radius 1 is 0.952 bits per heavy atom. The van der Waals surface area contributed by atoms with E-state index in [9.17, 15) is 0 Å². The fraction of sp³-hybridized carbons (Fsp3) is 0.316. The molecule has 2 heteroatoms. The van der Waals surface area contributed by atoms with Gasteiger partial charge in [-0.05, 0) is 38.5 Å². The lowest BCUT2D eigenvalue weighted by Crippen LogP contribution is -2.39. The van der Waals surface area contributed by atoms with Crippen LogP contribution in [0.4, 0.5) is 0 Å². The van der Waals surface area contributed by atoms with Crippen LogP contribution in [0.25, 0.3) is 11.8 Å². The number of hydrogen-bond acceptors (Lipinski definition) is 1. The Balaban J connectivity index is 2.53. The number of aryl methyl sites for hydroxylation is 1. The molecule has 0 saturated heterocycles. The molecule has 2 rings (SSSR count). The summed E-state index contributed by atoms with van der Waals surface area (Å²) in [6, 6.07) is 17.0. The summed E-state index contributed by atoms with van der Waals surface area (Å²) in [6.07, 6.45) is 4.44. The van der Waals surface area contributed by atoms with Crippen LogP contribution < -0.4 is 4.57 Å². The van der Waals surface area contributed by atoms with E-state index < -0.39 is 0 Å². The highest BCUT2D eigenvalue weighted by atomic mass is 15.1. The van der Waals surface area contributed by atoms with Gasteiger partial charge in [0.1, 0.15) is 12.2 Å². The third kappa shape index (κ3) is 3.72. The summed E-state index contributed by atoms with van der Waals surface area (Å²) >= 11 is 0. The van der Waals surface area contributed by atoms with Gasteiger partial charge in [-0.2, -0.15) is 4.57 Å². The second-order valence-corrected chi connectivity index (χ2v) is 4.98. The van der Waals surface area contributed by atoms with Crippen molar-refractivity contribution in [3.05, 3.63) is 66.0 Å². The maximum atomic E-state index is 2.41. The van der Waals surface area contributed by atoms with E-state index in [0.717, 1.165) is 19.6 Å². The van der Waals surface area contributed by atoms with Crippen molar-refractivity contribution in [2.24, 2.45) is 0 Å². The Morgan fingerprint density at radius 2 is 1.62 bits per heavy atom. The minimum absolute atomic E-state index is 0.976. The fourth-order valence-corrected chi connectivity index (χ4v) is 2.58. The van der Waals surface area contributed by atoms with Gasteiger partial charge in [-0.1, -0.05) is 30.3 Å². The summed E-state index contributed by atoms with van der Waals surface area (Å²) in [6.45, 7) is 9.60. The first-order valence-electron chi connectivity index (χ1n) is 7.80. The zero-order valence-electron chi connectivity index (χ0n) is 13.3. The molecule has 0 aliphatic carbocycles. The van der Waals surface area contributed by atoms with Gasteiger partial charge < -0.3 is 4.90 Å². The van der Waals surface area contributed by atoms with Crippen LogP contribution >= 0.6 is 0 Å². The highest BCUT2D eigenvalue weighted by Gasteiger charge is 2.18. The second kappa shape index (κ2) is 7.63. The Morgan fingerprint density at radius 3 is 2.24 bits per heavy atom. The molecule has 21 heavy (non-hydrogen) atoms. The maximum absolute atomic E-state index is 2.41. The molecule has 0 spiro atoms. The SMILES string of the molecule is CCN(CC)C(=Cc1ccccc1)c1cccc[n+]1CC. The van der Waals surface area contributed by atoms with Gasteiger partial charge in [0.05, 0.1) is 0 Å². The van der Waals surface area contributed by atoms with Gasteiger partial charge in [0.25, 0.3) is 0 Å². The summed E-state index contributed by atoms with van der Waals surface area (Å²) in [4.78, 5) is 2.41. The molecule has 1 aromatic carbocycles. The van der Waals surface area contributed by atoms with E-state index in [0.29, 0.717) is 0 Å². The lowest BCUT2D eigenvalue weighted by atomic mass is 10.1. The van der Waals surface area contributed by atoms with Gasteiger partial charge in [0.15, 0.2) is 6.20 Å². The third-order valence-corrected chi connectivity index (χ3v) is 3.75. The molecular weight excluding hydrogens is 256 g/mol. The van der Waals surface area contributed by atoms with Crippen LogP contribution in [0.2, 0.25) is 0 Å². The van der Waals surface area contributed by atoms with E-state index in [1.165, 1.54) is 17.0 Å². The Labute approximate surface area is 128 Å². The molecule has 110 valence electrons. The minimum Gasteiger partial charge on any atom is -0.367 e. The van der Waals surface area contributed by atoms with Crippen molar-refractivity contribution in [2.75, 3.05) is 13.1 Å². The largest absolute Gasteiger partial charge is 0.367 e. The monoisotopic (exact) mass is 281 g/mol. The van der Waals surface area contributed by atoms with Crippen LogP contribution in [0.15, 0.2) is 54.7 Å². The van der Waals surface area contributed by atoms with E-state index in [1.807, 2.05) is 0 Å². The van der Waals surface area contributed by atoms with Crippen molar-refractivity contribution < 1.29 is 4.57 Å². The average molecular weight is 281 g/mol. The van der Waals surface area contributed by atoms with Gasteiger partial charge in [-0.25, -0.2) is 0 Å². The van der Waals surface area contributed by atoms with Crippen molar-refractivity contribution in [2.45, 2.75) is 27.3 Å². The first-order chi connectivity index (χ1) is 10.3. The zero-order valence-corrected chi connectivity index (χ0v) is 13.3. The molecule has 0 bridgehead atoms. The van der Waals surface area contributed by atoms with Crippen LogP contribution in [0.5, 0.6) is 0 Å². The molecule has 0 fully saturated rings. The third-order valence-electron chi connectivity index (χ3n) is 3.75. The molecule has 0 radical (unpaired) electrons. The molecular formula is C19H25N2+. The number of hydrogen-bond donors (Lipinski definition) is 0. The van der Waals surface area contributed by atoms with Crippen molar-refractivity contribution in [1.82, 2.24) is 4.90 Å². The molecule has 2 aromatic rings. The molecule has 1 heterocycles. The summed E-state index contributed by atoms with van der Waals surface area (Å²) in [5.74, 6) is 0. The Bertz CT molecular complexity index is 584. The molecule has 0 aliphatic rings. The second-order valence-electron chi connectivity index (χ2n) is 4.98. The van der Waals surface area contributed by atoms with Gasteiger partial charge in [-0.15, -0.1) is 0 Å². The quantitative estimate of drug-likeness (QED) is 0.730. The molecule has 2 nitrogen and oxygen atoms in total. The molecule has 1 aromatic heterocycles. The van der Waals surface area contributed by atoms with E-state index in [2.05, 4.69) is 91.0 Å². The van der Waals surface area contributed by atoms with Gasteiger partial charge >= 0.3 is 0 Å². The lowest BCUT2D eigenvalue weighted by molar-refractivity contribution is -0.696. The number of rotatable bonds is 6. The molecule has 0 unspecified atom stereocenters. The van der Waals surface area contributed by atoms with Crippen LogP contribution in [0.3, 0.4) is 0 Å². The highest BCUT2D eigenvalue weighted by molar-refractivity contribution is 5.77. The van der Waals surface area contributed by atoms with E-state index in [-0.39, 0.29) is 0 Å². The highest BCUT2D eigenvalue weighted by Crippen LogP contribution is 2.19.